The van der Waals surface area contributed by atoms with Crippen molar-refractivity contribution >= 4 is 33.1 Å². The molecular formula is C14H20N4OS. The van der Waals surface area contributed by atoms with Crippen molar-refractivity contribution in [2.75, 3.05) is 5.73 Å². The average molecular weight is 292 g/mol. The van der Waals surface area contributed by atoms with Crippen LogP contribution in [0.3, 0.4) is 0 Å². The standard InChI is InChI=1S/C14H20N4OS/c1-6(2)8(4)16-13(19)12-11(15)10-7(3)9(5)17-18-14(10)20-12/h6,8H,15H2,1-5H3,(H,16,19). The van der Waals surface area contributed by atoms with E-state index in [1.807, 2.05) is 20.8 Å². The number of anilines is 1. The molecule has 1 unspecified atom stereocenters. The Bertz CT molecular complexity index is 663. The van der Waals surface area contributed by atoms with E-state index in [-0.39, 0.29) is 11.9 Å². The number of fused-ring (bicyclic) bond motifs is 1. The lowest BCUT2D eigenvalue weighted by atomic mass is 10.1. The molecule has 6 heteroatoms. The Hall–Kier alpha value is -1.69. The highest BCUT2D eigenvalue weighted by molar-refractivity contribution is 7.21. The van der Waals surface area contributed by atoms with E-state index in [0.29, 0.717) is 21.3 Å². The van der Waals surface area contributed by atoms with E-state index in [2.05, 4.69) is 29.4 Å². The van der Waals surface area contributed by atoms with Crippen molar-refractivity contribution in [1.29, 1.82) is 0 Å². The van der Waals surface area contributed by atoms with Crippen LogP contribution >= 0.6 is 11.3 Å². The molecule has 0 radical (unpaired) electrons. The lowest BCUT2D eigenvalue weighted by Crippen LogP contribution is -2.35. The molecule has 1 atom stereocenters. The van der Waals surface area contributed by atoms with Gasteiger partial charge in [-0.1, -0.05) is 13.8 Å². The number of nitrogens with one attached hydrogen (secondary N) is 1. The number of rotatable bonds is 3. The minimum absolute atomic E-state index is 0.0982. The van der Waals surface area contributed by atoms with Gasteiger partial charge in [0.1, 0.15) is 9.71 Å². The number of aromatic nitrogens is 2. The van der Waals surface area contributed by atoms with Gasteiger partial charge < -0.3 is 11.1 Å². The molecule has 0 saturated carbocycles. The Morgan fingerprint density at radius 2 is 1.90 bits per heavy atom. The molecule has 0 bridgehead atoms. The van der Waals surface area contributed by atoms with Gasteiger partial charge in [-0.2, -0.15) is 5.10 Å². The van der Waals surface area contributed by atoms with Crippen LogP contribution in [0.1, 0.15) is 41.7 Å². The summed E-state index contributed by atoms with van der Waals surface area (Å²) in [6, 6.07) is 0.0982. The number of nitrogens with zero attached hydrogens (tertiary/aromatic N) is 2. The molecule has 0 saturated heterocycles. The van der Waals surface area contributed by atoms with Gasteiger partial charge in [0.05, 0.1) is 11.4 Å². The molecule has 0 aliphatic heterocycles. The minimum atomic E-state index is -0.135. The van der Waals surface area contributed by atoms with Crippen LogP contribution in [0.2, 0.25) is 0 Å². The summed E-state index contributed by atoms with van der Waals surface area (Å²) in [6.07, 6.45) is 0. The second kappa shape index (κ2) is 5.36. The predicted octanol–water partition coefficient (Wildman–Crippen LogP) is 2.66. The van der Waals surface area contributed by atoms with Crippen molar-refractivity contribution in [3.8, 4) is 0 Å². The summed E-state index contributed by atoms with van der Waals surface area (Å²) in [4.78, 5) is 13.6. The van der Waals surface area contributed by atoms with Gasteiger partial charge in [-0.25, -0.2) is 0 Å². The Kier molecular flexibility index (Phi) is 3.94. The molecular weight excluding hydrogens is 272 g/mol. The Labute approximate surface area is 122 Å². The first kappa shape index (κ1) is 14.7. The molecule has 2 aromatic heterocycles. The number of thiophene rings is 1. The van der Waals surface area contributed by atoms with Crippen molar-refractivity contribution in [2.24, 2.45) is 5.92 Å². The molecule has 2 aromatic rings. The van der Waals surface area contributed by atoms with Crippen LogP contribution in [0.5, 0.6) is 0 Å². The van der Waals surface area contributed by atoms with Crippen LogP contribution in [-0.2, 0) is 0 Å². The normalized spacial score (nSPS) is 12.9. The molecule has 20 heavy (non-hydrogen) atoms. The number of amides is 1. The highest BCUT2D eigenvalue weighted by atomic mass is 32.1. The Balaban J connectivity index is 2.43. The van der Waals surface area contributed by atoms with Gasteiger partial charge in [0.15, 0.2) is 0 Å². The van der Waals surface area contributed by atoms with Gasteiger partial charge in [-0.3, -0.25) is 4.79 Å². The summed E-state index contributed by atoms with van der Waals surface area (Å²) in [5.41, 5.74) is 8.47. The number of nitrogens with two attached hydrogens (primary N) is 1. The minimum Gasteiger partial charge on any atom is -0.397 e. The van der Waals surface area contributed by atoms with Crippen molar-refractivity contribution in [2.45, 2.75) is 40.7 Å². The van der Waals surface area contributed by atoms with Crippen LogP contribution < -0.4 is 11.1 Å². The summed E-state index contributed by atoms with van der Waals surface area (Å²) >= 11 is 1.30. The second-order valence-corrected chi connectivity index (χ2v) is 6.44. The first-order valence-corrected chi connectivity index (χ1v) is 7.47. The van der Waals surface area contributed by atoms with Gasteiger partial charge in [-0.15, -0.1) is 16.4 Å². The van der Waals surface area contributed by atoms with Crippen molar-refractivity contribution < 1.29 is 4.79 Å². The van der Waals surface area contributed by atoms with E-state index in [0.717, 1.165) is 16.6 Å². The van der Waals surface area contributed by atoms with Gasteiger partial charge in [0.2, 0.25) is 0 Å². The van der Waals surface area contributed by atoms with Crippen LogP contribution in [-0.4, -0.2) is 22.1 Å². The third-order valence-electron chi connectivity index (χ3n) is 3.70. The zero-order valence-electron chi connectivity index (χ0n) is 12.4. The Morgan fingerprint density at radius 1 is 1.25 bits per heavy atom. The molecule has 2 heterocycles. The first-order chi connectivity index (χ1) is 9.32. The predicted molar refractivity (Wildman–Crippen MR) is 83.1 cm³/mol. The van der Waals surface area contributed by atoms with Crippen molar-refractivity contribution in [3.63, 3.8) is 0 Å². The Morgan fingerprint density at radius 3 is 2.50 bits per heavy atom. The molecule has 3 N–H and O–H groups in total. The molecule has 108 valence electrons. The van der Waals surface area contributed by atoms with Crippen molar-refractivity contribution in [1.82, 2.24) is 15.5 Å². The maximum absolute atomic E-state index is 12.3. The summed E-state index contributed by atoms with van der Waals surface area (Å²) in [6.45, 7) is 9.96. The summed E-state index contributed by atoms with van der Waals surface area (Å²) in [5, 5.41) is 12.0. The highest BCUT2D eigenvalue weighted by Gasteiger charge is 2.21. The summed E-state index contributed by atoms with van der Waals surface area (Å²) < 4.78 is 0. The van der Waals surface area contributed by atoms with E-state index in [1.54, 1.807) is 0 Å². The van der Waals surface area contributed by atoms with Gasteiger partial charge in [0, 0.05) is 11.4 Å². The maximum Gasteiger partial charge on any atom is 0.263 e. The molecule has 5 nitrogen and oxygen atoms in total. The third-order valence-corrected chi connectivity index (χ3v) is 4.79. The average Bonchev–Trinajstić information content (AvgIpc) is 2.71. The molecule has 0 fully saturated rings. The lowest BCUT2D eigenvalue weighted by molar-refractivity contribution is 0.0935. The first-order valence-electron chi connectivity index (χ1n) is 6.65. The van der Waals surface area contributed by atoms with Crippen LogP contribution in [0.15, 0.2) is 0 Å². The number of carbonyl (C=O) groups is 1. The molecule has 0 spiro atoms. The monoisotopic (exact) mass is 292 g/mol. The van der Waals surface area contributed by atoms with E-state index in [4.69, 9.17) is 5.73 Å². The smallest absolute Gasteiger partial charge is 0.263 e. The van der Waals surface area contributed by atoms with Crippen LogP contribution in [0, 0.1) is 19.8 Å². The molecule has 1 amide bonds. The maximum atomic E-state index is 12.3. The zero-order valence-corrected chi connectivity index (χ0v) is 13.3. The van der Waals surface area contributed by atoms with Gasteiger partial charge in [-0.05, 0) is 32.3 Å². The number of carbonyl (C=O) groups excluding carboxylic acids is 1. The highest BCUT2D eigenvalue weighted by Crippen LogP contribution is 2.34. The number of aryl methyl sites for hydroxylation is 2. The SMILES string of the molecule is Cc1nnc2sc(C(=O)NC(C)C(C)C)c(N)c2c1C. The van der Waals surface area contributed by atoms with Gasteiger partial charge in [0.25, 0.3) is 5.91 Å². The number of hydrogen-bond donors (Lipinski definition) is 2. The van der Waals surface area contributed by atoms with Crippen LogP contribution in [0.25, 0.3) is 10.2 Å². The lowest BCUT2D eigenvalue weighted by Gasteiger charge is -2.16. The third kappa shape index (κ3) is 2.47. The molecule has 0 aliphatic carbocycles. The summed E-state index contributed by atoms with van der Waals surface area (Å²) in [7, 11) is 0. The second-order valence-electron chi connectivity index (χ2n) is 5.44. The fourth-order valence-electron chi connectivity index (χ4n) is 1.85. The molecule has 0 aromatic carbocycles. The van der Waals surface area contributed by atoms with E-state index in [1.165, 1.54) is 11.3 Å². The largest absolute Gasteiger partial charge is 0.397 e. The number of nitrogen functional groups attached to an aromatic ring is 1. The van der Waals surface area contributed by atoms with Crippen LogP contribution in [0.4, 0.5) is 5.69 Å². The zero-order chi connectivity index (χ0) is 15.0. The molecule has 0 aliphatic rings. The summed E-state index contributed by atoms with van der Waals surface area (Å²) in [5.74, 6) is 0.238. The fraction of sp³-hybridized carbons (Fsp3) is 0.500. The fourth-order valence-corrected chi connectivity index (χ4v) is 2.85. The van der Waals surface area contributed by atoms with E-state index >= 15 is 0 Å². The quantitative estimate of drug-likeness (QED) is 0.911. The van der Waals surface area contributed by atoms with E-state index < -0.39 is 0 Å². The molecule has 2 rings (SSSR count). The number of hydrogen-bond acceptors (Lipinski definition) is 5. The van der Waals surface area contributed by atoms with E-state index in [9.17, 15) is 4.79 Å². The van der Waals surface area contributed by atoms with Crippen molar-refractivity contribution in [3.05, 3.63) is 16.1 Å². The van der Waals surface area contributed by atoms with Gasteiger partial charge >= 0.3 is 0 Å². The topological polar surface area (TPSA) is 80.9 Å².